The number of allylic oxidation sites excluding steroid dienone is 1. The van der Waals surface area contributed by atoms with E-state index in [2.05, 4.69) is 47.9 Å². The molecular formula is C17H19NO2. The highest BCUT2D eigenvalue weighted by Crippen LogP contribution is 2.32. The molecule has 0 amide bonds. The fraction of sp³-hybridized carbons (Fsp3) is 0.294. The molecular weight excluding hydrogens is 250 g/mol. The summed E-state index contributed by atoms with van der Waals surface area (Å²) in [6.07, 6.45) is 5.03. The topological polar surface area (TPSA) is 23.4 Å². The number of para-hydroxylation sites is 1. The lowest BCUT2D eigenvalue weighted by Gasteiger charge is -2.08. The first-order valence-corrected chi connectivity index (χ1v) is 6.90. The quantitative estimate of drug-likeness (QED) is 0.847. The predicted octanol–water partition coefficient (Wildman–Crippen LogP) is 3.73. The summed E-state index contributed by atoms with van der Waals surface area (Å²) >= 11 is 0. The maximum Gasteiger partial charge on any atom is 0.161 e. The molecule has 1 aliphatic rings. The number of ether oxygens (including phenoxy) is 2. The SMILES string of the molecule is CCn1c2c(c3ccccc31)C=C(OC)C(OC)=CC2. The number of rotatable bonds is 3. The van der Waals surface area contributed by atoms with E-state index in [9.17, 15) is 0 Å². The Bertz CT molecular complexity index is 707. The molecule has 3 rings (SSSR count). The van der Waals surface area contributed by atoms with Crippen molar-refractivity contribution in [2.45, 2.75) is 19.9 Å². The monoisotopic (exact) mass is 269 g/mol. The Morgan fingerprint density at radius 2 is 1.85 bits per heavy atom. The van der Waals surface area contributed by atoms with E-state index < -0.39 is 0 Å². The van der Waals surface area contributed by atoms with Gasteiger partial charge in [0.25, 0.3) is 0 Å². The van der Waals surface area contributed by atoms with E-state index in [-0.39, 0.29) is 0 Å². The molecule has 0 unspecified atom stereocenters. The summed E-state index contributed by atoms with van der Waals surface area (Å²) in [4.78, 5) is 0. The van der Waals surface area contributed by atoms with Crippen molar-refractivity contribution in [1.29, 1.82) is 0 Å². The first kappa shape index (κ1) is 12.9. The van der Waals surface area contributed by atoms with Gasteiger partial charge in [-0.15, -0.1) is 0 Å². The van der Waals surface area contributed by atoms with Gasteiger partial charge in [-0.2, -0.15) is 0 Å². The Kier molecular flexibility index (Phi) is 3.26. The van der Waals surface area contributed by atoms with Gasteiger partial charge in [0.1, 0.15) is 0 Å². The zero-order valence-electron chi connectivity index (χ0n) is 12.1. The summed E-state index contributed by atoms with van der Waals surface area (Å²) in [5.41, 5.74) is 3.83. The Morgan fingerprint density at radius 3 is 2.55 bits per heavy atom. The number of benzene rings is 1. The van der Waals surface area contributed by atoms with Crippen molar-refractivity contribution in [3.63, 3.8) is 0 Å². The highest BCUT2D eigenvalue weighted by atomic mass is 16.5. The fourth-order valence-corrected chi connectivity index (χ4v) is 2.96. The third kappa shape index (κ3) is 1.82. The van der Waals surface area contributed by atoms with Crippen LogP contribution >= 0.6 is 0 Å². The van der Waals surface area contributed by atoms with E-state index in [1.165, 1.54) is 22.2 Å². The van der Waals surface area contributed by atoms with Crippen LogP contribution in [0.3, 0.4) is 0 Å². The summed E-state index contributed by atoms with van der Waals surface area (Å²) in [6.45, 7) is 3.14. The summed E-state index contributed by atoms with van der Waals surface area (Å²) < 4.78 is 13.3. The van der Waals surface area contributed by atoms with Gasteiger partial charge in [-0.25, -0.2) is 0 Å². The van der Waals surface area contributed by atoms with Crippen LogP contribution in [0.5, 0.6) is 0 Å². The molecule has 3 nitrogen and oxygen atoms in total. The molecule has 0 aliphatic heterocycles. The van der Waals surface area contributed by atoms with Crippen molar-refractivity contribution in [3.05, 3.63) is 53.1 Å². The summed E-state index contributed by atoms with van der Waals surface area (Å²) in [5, 5.41) is 1.27. The number of fused-ring (bicyclic) bond motifs is 3. The van der Waals surface area contributed by atoms with Crippen molar-refractivity contribution >= 4 is 17.0 Å². The van der Waals surface area contributed by atoms with Crippen LogP contribution in [0.2, 0.25) is 0 Å². The largest absolute Gasteiger partial charge is 0.493 e. The van der Waals surface area contributed by atoms with Crippen LogP contribution in [0.1, 0.15) is 18.2 Å². The minimum Gasteiger partial charge on any atom is -0.493 e. The second kappa shape index (κ2) is 5.08. The maximum atomic E-state index is 5.48. The molecule has 0 saturated heterocycles. The van der Waals surface area contributed by atoms with E-state index in [0.29, 0.717) is 0 Å². The molecule has 1 aromatic heterocycles. The minimum absolute atomic E-state index is 0.783. The predicted molar refractivity (Wildman–Crippen MR) is 81.4 cm³/mol. The van der Waals surface area contributed by atoms with E-state index in [0.717, 1.165) is 24.5 Å². The lowest BCUT2D eigenvalue weighted by atomic mass is 10.1. The molecule has 104 valence electrons. The van der Waals surface area contributed by atoms with Gasteiger partial charge in [0.2, 0.25) is 0 Å². The van der Waals surface area contributed by atoms with Crippen molar-refractivity contribution in [2.24, 2.45) is 0 Å². The molecule has 0 spiro atoms. The molecule has 0 bridgehead atoms. The van der Waals surface area contributed by atoms with E-state index >= 15 is 0 Å². The summed E-state index contributed by atoms with van der Waals surface area (Å²) in [7, 11) is 3.36. The average molecular weight is 269 g/mol. The van der Waals surface area contributed by atoms with Crippen LogP contribution < -0.4 is 0 Å². The molecule has 2 aromatic rings. The van der Waals surface area contributed by atoms with Gasteiger partial charge in [0.05, 0.1) is 14.2 Å². The van der Waals surface area contributed by atoms with Crippen molar-refractivity contribution in [2.75, 3.05) is 14.2 Å². The van der Waals surface area contributed by atoms with Gasteiger partial charge >= 0.3 is 0 Å². The molecule has 1 aliphatic carbocycles. The van der Waals surface area contributed by atoms with Crippen LogP contribution in [-0.4, -0.2) is 18.8 Å². The second-order valence-electron chi connectivity index (χ2n) is 4.81. The first-order chi connectivity index (χ1) is 9.80. The van der Waals surface area contributed by atoms with Gasteiger partial charge in [0, 0.05) is 35.1 Å². The molecule has 3 heteroatoms. The molecule has 0 fully saturated rings. The zero-order valence-corrected chi connectivity index (χ0v) is 12.1. The van der Waals surface area contributed by atoms with Gasteiger partial charge in [-0.05, 0) is 25.1 Å². The average Bonchev–Trinajstić information content (AvgIpc) is 2.66. The number of aromatic nitrogens is 1. The van der Waals surface area contributed by atoms with Crippen LogP contribution in [0, 0.1) is 0 Å². The Labute approximate surface area is 119 Å². The number of nitrogens with zero attached hydrogens (tertiary/aromatic N) is 1. The van der Waals surface area contributed by atoms with Crippen LogP contribution in [0.15, 0.2) is 41.9 Å². The number of hydrogen-bond donors (Lipinski definition) is 0. The van der Waals surface area contributed by atoms with Gasteiger partial charge in [-0.1, -0.05) is 18.2 Å². The molecule has 0 saturated carbocycles. The van der Waals surface area contributed by atoms with Crippen LogP contribution in [0.25, 0.3) is 17.0 Å². The zero-order chi connectivity index (χ0) is 14.1. The molecule has 0 N–H and O–H groups in total. The Morgan fingerprint density at radius 1 is 1.10 bits per heavy atom. The normalized spacial score (nSPS) is 14.3. The van der Waals surface area contributed by atoms with Gasteiger partial charge in [0.15, 0.2) is 11.5 Å². The standard InChI is InChI=1S/C17H19NO2/c1-4-18-14-8-6-5-7-12(14)13-11-17(20-3)16(19-2)10-9-15(13)18/h5-8,10-11H,4,9H2,1-3H3. The third-order valence-electron chi connectivity index (χ3n) is 3.88. The first-order valence-electron chi connectivity index (χ1n) is 6.90. The fourth-order valence-electron chi connectivity index (χ4n) is 2.96. The molecule has 0 radical (unpaired) electrons. The van der Waals surface area contributed by atoms with Crippen molar-refractivity contribution in [3.8, 4) is 0 Å². The number of aryl methyl sites for hydroxylation is 1. The highest BCUT2D eigenvalue weighted by Gasteiger charge is 2.19. The van der Waals surface area contributed by atoms with Crippen molar-refractivity contribution < 1.29 is 9.47 Å². The minimum atomic E-state index is 0.783. The van der Waals surface area contributed by atoms with Gasteiger partial charge in [-0.3, -0.25) is 0 Å². The van der Waals surface area contributed by atoms with Crippen LogP contribution in [0.4, 0.5) is 0 Å². The smallest absolute Gasteiger partial charge is 0.161 e. The maximum absolute atomic E-state index is 5.48. The van der Waals surface area contributed by atoms with Crippen molar-refractivity contribution in [1.82, 2.24) is 4.57 Å². The molecule has 1 aromatic carbocycles. The molecule has 1 heterocycles. The molecule has 20 heavy (non-hydrogen) atoms. The molecule has 0 atom stereocenters. The Balaban J connectivity index is 2.30. The van der Waals surface area contributed by atoms with E-state index in [1.54, 1.807) is 14.2 Å². The highest BCUT2D eigenvalue weighted by molar-refractivity contribution is 5.92. The lowest BCUT2D eigenvalue weighted by molar-refractivity contribution is 0.222. The van der Waals surface area contributed by atoms with Crippen LogP contribution in [-0.2, 0) is 22.4 Å². The lowest BCUT2D eigenvalue weighted by Crippen LogP contribution is -2.00. The number of methoxy groups -OCH3 is 2. The third-order valence-corrected chi connectivity index (χ3v) is 3.88. The second-order valence-corrected chi connectivity index (χ2v) is 4.81. The number of hydrogen-bond acceptors (Lipinski definition) is 2. The van der Waals surface area contributed by atoms with Gasteiger partial charge < -0.3 is 14.0 Å². The summed E-state index contributed by atoms with van der Waals surface area (Å²) in [5.74, 6) is 1.58. The summed E-state index contributed by atoms with van der Waals surface area (Å²) in [6, 6.07) is 8.51. The van der Waals surface area contributed by atoms with E-state index in [4.69, 9.17) is 9.47 Å². The Hall–Kier alpha value is -2.16. The van der Waals surface area contributed by atoms with E-state index in [1.807, 2.05) is 0 Å².